The number of non-ortho nitro benzene ring substituents is 1. The number of phenolic OH excluding ortho intramolecular Hbond substituents is 1. The van der Waals surface area contributed by atoms with Crippen LogP contribution in [0, 0.1) is 16.0 Å². The molecular formula is C23H18BrN3O4. The van der Waals surface area contributed by atoms with Gasteiger partial charge in [0.1, 0.15) is 5.75 Å². The summed E-state index contributed by atoms with van der Waals surface area (Å²) >= 11 is 3.08. The van der Waals surface area contributed by atoms with Crippen LogP contribution in [0.4, 0.5) is 5.69 Å². The van der Waals surface area contributed by atoms with Crippen LogP contribution in [0.1, 0.15) is 23.1 Å². The summed E-state index contributed by atoms with van der Waals surface area (Å²) in [7, 11) is 0. The second-order valence-corrected chi connectivity index (χ2v) is 8.17. The first-order valence-electron chi connectivity index (χ1n) is 9.54. The van der Waals surface area contributed by atoms with Crippen LogP contribution >= 0.6 is 15.9 Å². The molecule has 0 bridgehead atoms. The molecule has 1 atom stereocenters. The Balaban J connectivity index is 1.55. The molecule has 0 aromatic heterocycles. The van der Waals surface area contributed by atoms with Gasteiger partial charge in [0.15, 0.2) is 0 Å². The number of rotatable bonds is 6. The number of nitro benzene ring substituents is 1. The molecule has 1 fully saturated rings. The maximum absolute atomic E-state index is 12.9. The average molecular weight is 480 g/mol. The fourth-order valence-electron chi connectivity index (χ4n) is 3.91. The number of aromatic hydroxyl groups is 1. The predicted octanol–water partition coefficient (Wildman–Crippen LogP) is 4.52. The van der Waals surface area contributed by atoms with Gasteiger partial charge in [-0.2, -0.15) is 5.10 Å². The molecule has 4 rings (SSSR count). The molecular weight excluding hydrogens is 462 g/mol. The summed E-state index contributed by atoms with van der Waals surface area (Å²) in [4.78, 5) is 23.3. The van der Waals surface area contributed by atoms with E-state index in [1.807, 2.05) is 60.7 Å². The number of nitrogens with zero attached hydrogens (tertiary/aromatic N) is 2. The van der Waals surface area contributed by atoms with E-state index in [0.717, 1.165) is 11.1 Å². The SMILES string of the molecule is O=C(N/N=C/c1cc([N+](=O)[O-])cc(Br)c1O)[C@@H]1CC1(c1ccccc1)c1ccccc1. The smallest absolute Gasteiger partial charge is 0.271 e. The highest BCUT2D eigenvalue weighted by Crippen LogP contribution is 2.58. The normalized spacial score (nSPS) is 16.7. The molecule has 0 aliphatic heterocycles. The number of hydrogen-bond donors (Lipinski definition) is 2. The molecule has 31 heavy (non-hydrogen) atoms. The van der Waals surface area contributed by atoms with E-state index < -0.39 is 10.3 Å². The lowest BCUT2D eigenvalue weighted by atomic mass is 9.85. The molecule has 8 heteroatoms. The van der Waals surface area contributed by atoms with Gasteiger partial charge >= 0.3 is 0 Å². The molecule has 3 aromatic carbocycles. The Morgan fingerprint density at radius 1 is 1.13 bits per heavy atom. The lowest BCUT2D eigenvalue weighted by Crippen LogP contribution is -2.25. The molecule has 0 spiro atoms. The summed E-state index contributed by atoms with van der Waals surface area (Å²) in [6.45, 7) is 0. The molecule has 1 aliphatic carbocycles. The number of carbonyl (C=O) groups is 1. The maximum atomic E-state index is 12.9. The highest BCUT2D eigenvalue weighted by Gasteiger charge is 2.60. The molecule has 0 radical (unpaired) electrons. The van der Waals surface area contributed by atoms with Crippen LogP contribution in [0.3, 0.4) is 0 Å². The molecule has 1 amide bonds. The number of hydrazone groups is 1. The molecule has 1 saturated carbocycles. The van der Waals surface area contributed by atoms with E-state index in [4.69, 9.17) is 0 Å². The fourth-order valence-corrected chi connectivity index (χ4v) is 4.37. The third-order valence-electron chi connectivity index (χ3n) is 5.52. The molecule has 1 aliphatic rings. The topological polar surface area (TPSA) is 105 Å². The number of hydrogen-bond acceptors (Lipinski definition) is 5. The molecule has 7 nitrogen and oxygen atoms in total. The first-order valence-corrected chi connectivity index (χ1v) is 10.3. The molecule has 0 heterocycles. The van der Waals surface area contributed by atoms with E-state index in [0.29, 0.717) is 6.42 Å². The minimum atomic E-state index is -0.571. The van der Waals surface area contributed by atoms with Gasteiger partial charge in [-0.15, -0.1) is 0 Å². The van der Waals surface area contributed by atoms with Gasteiger partial charge in [0, 0.05) is 23.1 Å². The van der Waals surface area contributed by atoms with E-state index in [-0.39, 0.29) is 33.3 Å². The Bertz CT molecular complexity index is 1130. The Morgan fingerprint density at radius 2 is 1.71 bits per heavy atom. The third-order valence-corrected chi connectivity index (χ3v) is 6.13. The zero-order valence-corrected chi connectivity index (χ0v) is 17.8. The monoisotopic (exact) mass is 479 g/mol. The van der Waals surface area contributed by atoms with Crippen LogP contribution in [0.15, 0.2) is 82.4 Å². The molecule has 0 unspecified atom stereocenters. The van der Waals surface area contributed by atoms with Gasteiger partial charge in [0.2, 0.25) is 5.91 Å². The van der Waals surface area contributed by atoms with Gasteiger partial charge < -0.3 is 5.11 Å². The first kappa shape index (κ1) is 20.7. The van der Waals surface area contributed by atoms with Crippen molar-refractivity contribution in [3.63, 3.8) is 0 Å². The van der Waals surface area contributed by atoms with Gasteiger partial charge in [0.25, 0.3) is 5.69 Å². The summed E-state index contributed by atoms with van der Waals surface area (Å²) in [6.07, 6.45) is 1.84. The predicted molar refractivity (Wildman–Crippen MR) is 120 cm³/mol. The number of phenols is 1. The van der Waals surface area contributed by atoms with E-state index >= 15 is 0 Å². The van der Waals surface area contributed by atoms with Crippen LogP contribution in [0.5, 0.6) is 5.75 Å². The summed E-state index contributed by atoms with van der Waals surface area (Å²) < 4.78 is 0.170. The molecule has 156 valence electrons. The lowest BCUT2D eigenvalue weighted by molar-refractivity contribution is -0.385. The number of nitro groups is 1. The van der Waals surface area contributed by atoms with Crippen LogP contribution in [0.2, 0.25) is 0 Å². The van der Waals surface area contributed by atoms with Crippen molar-refractivity contribution in [2.75, 3.05) is 0 Å². The van der Waals surface area contributed by atoms with Gasteiger partial charge in [0.05, 0.1) is 21.5 Å². The van der Waals surface area contributed by atoms with Crippen molar-refractivity contribution < 1.29 is 14.8 Å². The Kier molecular flexibility index (Phi) is 5.56. The van der Waals surface area contributed by atoms with Crippen molar-refractivity contribution in [2.45, 2.75) is 11.8 Å². The summed E-state index contributed by atoms with van der Waals surface area (Å²) in [5.41, 5.74) is 4.14. The largest absolute Gasteiger partial charge is 0.506 e. The number of nitrogens with one attached hydrogen (secondary N) is 1. The van der Waals surface area contributed by atoms with Crippen LogP contribution in [-0.2, 0) is 10.2 Å². The number of benzene rings is 3. The van der Waals surface area contributed by atoms with E-state index in [1.54, 1.807) is 0 Å². The quantitative estimate of drug-likeness (QED) is 0.308. The van der Waals surface area contributed by atoms with Crippen LogP contribution < -0.4 is 5.43 Å². The van der Waals surface area contributed by atoms with Gasteiger partial charge in [-0.3, -0.25) is 14.9 Å². The maximum Gasteiger partial charge on any atom is 0.271 e. The minimum Gasteiger partial charge on any atom is -0.506 e. The molecule has 0 saturated heterocycles. The van der Waals surface area contributed by atoms with E-state index in [1.165, 1.54) is 18.3 Å². The van der Waals surface area contributed by atoms with Gasteiger partial charge in [-0.1, -0.05) is 60.7 Å². The fraction of sp³-hybridized carbons (Fsp3) is 0.130. The van der Waals surface area contributed by atoms with E-state index in [2.05, 4.69) is 26.5 Å². The first-order chi connectivity index (χ1) is 14.9. The van der Waals surface area contributed by atoms with Crippen molar-refractivity contribution in [3.05, 3.63) is 104 Å². The molecule has 3 aromatic rings. The van der Waals surface area contributed by atoms with E-state index in [9.17, 15) is 20.0 Å². The van der Waals surface area contributed by atoms with Gasteiger partial charge in [-0.05, 0) is 33.5 Å². The lowest BCUT2D eigenvalue weighted by Gasteiger charge is -2.18. The number of amides is 1. The van der Waals surface area contributed by atoms with Crippen LogP contribution in [-0.4, -0.2) is 22.2 Å². The second kappa shape index (κ2) is 8.31. The highest BCUT2D eigenvalue weighted by molar-refractivity contribution is 9.10. The molecule has 2 N–H and O–H groups in total. The van der Waals surface area contributed by atoms with Crippen molar-refractivity contribution in [1.82, 2.24) is 5.43 Å². The van der Waals surface area contributed by atoms with Crippen molar-refractivity contribution in [3.8, 4) is 5.75 Å². The van der Waals surface area contributed by atoms with Crippen molar-refractivity contribution in [2.24, 2.45) is 11.0 Å². The number of carbonyl (C=O) groups excluding carboxylic acids is 1. The third kappa shape index (κ3) is 3.94. The number of halogens is 1. The Hall–Kier alpha value is -3.52. The Labute approximate surface area is 186 Å². The Morgan fingerprint density at radius 3 is 2.26 bits per heavy atom. The van der Waals surface area contributed by atoms with Crippen molar-refractivity contribution in [1.29, 1.82) is 0 Å². The average Bonchev–Trinajstić information content (AvgIpc) is 3.55. The van der Waals surface area contributed by atoms with Gasteiger partial charge in [-0.25, -0.2) is 5.43 Å². The zero-order valence-electron chi connectivity index (χ0n) is 16.2. The summed E-state index contributed by atoms with van der Waals surface area (Å²) in [5.74, 6) is -0.759. The van der Waals surface area contributed by atoms with Crippen molar-refractivity contribution >= 4 is 33.7 Å². The van der Waals surface area contributed by atoms with Crippen LogP contribution in [0.25, 0.3) is 0 Å². The highest BCUT2D eigenvalue weighted by atomic mass is 79.9. The second-order valence-electron chi connectivity index (χ2n) is 7.32. The zero-order chi connectivity index (χ0) is 22.0. The minimum absolute atomic E-state index is 0.120. The standard InChI is InChI=1S/C23H18BrN3O4/c24-20-12-18(27(30)31)11-15(21(20)28)14-25-26-22(29)19-13-23(19,16-7-3-1-4-8-16)17-9-5-2-6-10-17/h1-12,14,19,28H,13H2,(H,26,29)/b25-14+/t19-/m0/s1. The summed E-state index contributed by atoms with van der Waals surface area (Å²) in [5, 5.41) is 25.1. The summed E-state index contributed by atoms with van der Waals surface area (Å²) in [6, 6.07) is 22.1.